The Balaban J connectivity index is 1.44. The number of fused-ring (bicyclic) bond motifs is 1. The summed E-state index contributed by atoms with van der Waals surface area (Å²) in [5.74, 6) is -0.190. The number of aromatic nitrogens is 1. The number of hydrogen-bond acceptors (Lipinski definition) is 5. The summed E-state index contributed by atoms with van der Waals surface area (Å²) in [6.07, 6.45) is 3.16. The molecule has 0 spiro atoms. The molecule has 0 fully saturated rings. The quantitative estimate of drug-likeness (QED) is 0.195. The number of anilines is 1. The lowest BCUT2D eigenvalue weighted by Crippen LogP contribution is -2.16. The molecule has 1 aromatic heterocycles. The normalized spacial score (nSPS) is 11.4. The molecule has 0 aliphatic rings. The number of aliphatic imine (C=N–C) groups is 1. The smallest absolute Gasteiger partial charge is 0.234 e. The van der Waals surface area contributed by atoms with Crippen molar-refractivity contribution in [3.63, 3.8) is 0 Å². The fraction of sp³-hybridized carbons (Fsp3) is 0.192. The molecule has 1 N–H and O–H groups in total. The Morgan fingerprint density at radius 2 is 1.88 bits per heavy atom. The number of nitrogens with zero attached hydrogens (tertiary/aromatic N) is 2. The molecule has 0 atom stereocenters. The number of halogens is 2. The summed E-state index contributed by atoms with van der Waals surface area (Å²) in [6, 6.07) is 16.3. The van der Waals surface area contributed by atoms with Gasteiger partial charge in [0.25, 0.3) is 0 Å². The second-order valence-corrected chi connectivity index (χ2v) is 10.2. The number of carbonyl (C=O) groups is 1. The first-order valence-corrected chi connectivity index (χ1v) is 13.1. The molecule has 4 nitrogen and oxygen atoms in total. The fourth-order valence-electron chi connectivity index (χ4n) is 3.51. The van der Waals surface area contributed by atoms with Crippen LogP contribution in [0.25, 0.3) is 10.2 Å². The van der Waals surface area contributed by atoms with Gasteiger partial charge in [-0.25, -0.2) is 9.37 Å². The van der Waals surface area contributed by atoms with E-state index in [9.17, 15) is 9.18 Å². The highest BCUT2D eigenvalue weighted by molar-refractivity contribution is 8.01. The molecule has 4 aromatic rings. The number of amides is 1. The van der Waals surface area contributed by atoms with Gasteiger partial charge < -0.3 is 5.32 Å². The molecule has 0 radical (unpaired) electrons. The third-order valence-electron chi connectivity index (χ3n) is 5.28. The number of benzene rings is 3. The zero-order valence-corrected chi connectivity index (χ0v) is 21.2. The Bertz CT molecular complexity index is 1330. The Morgan fingerprint density at radius 1 is 1.15 bits per heavy atom. The summed E-state index contributed by atoms with van der Waals surface area (Å²) >= 11 is 8.98. The Kier molecular flexibility index (Phi) is 7.98. The van der Waals surface area contributed by atoms with Gasteiger partial charge in [0.05, 0.1) is 26.7 Å². The number of thioether (sulfide) groups is 1. The number of hydrogen-bond donors (Lipinski definition) is 1. The maximum Gasteiger partial charge on any atom is 0.234 e. The number of para-hydroxylation sites is 1. The van der Waals surface area contributed by atoms with E-state index in [0.717, 1.165) is 44.2 Å². The van der Waals surface area contributed by atoms with Crippen LogP contribution in [-0.4, -0.2) is 22.9 Å². The van der Waals surface area contributed by atoms with Gasteiger partial charge in [0.1, 0.15) is 5.82 Å². The summed E-state index contributed by atoms with van der Waals surface area (Å²) in [4.78, 5) is 21.6. The molecule has 0 saturated heterocycles. The predicted molar refractivity (Wildman–Crippen MR) is 143 cm³/mol. The van der Waals surface area contributed by atoms with Gasteiger partial charge in [-0.05, 0) is 54.3 Å². The number of nitrogens with one attached hydrogen (secondary N) is 1. The van der Waals surface area contributed by atoms with Gasteiger partial charge in [-0.15, -0.1) is 11.3 Å². The van der Waals surface area contributed by atoms with Gasteiger partial charge in [-0.3, -0.25) is 9.79 Å². The van der Waals surface area contributed by atoms with E-state index in [1.54, 1.807) is 12.1 Å². The first-order valence-electron chi connectivity index (χ1n) is 10.9. The van der Waals surface area contributed by atoms with Crippen molar-refractivity contribution in [1.82, 2.24) is 4.98 Å². The van der Waals surface area contributed by atoms with Crippen molar-refractivity contribution < 1.29 is 9.18 Å². The molecule has 0 aliphatic heterocycles. The first kappa shape index (κ1) is 24.4. The van der Waals surface area contributed by atoms with E-state index in [1.165, 1.54) is 35.4 Å². The molecule has 4 rings (SSSR count). The van der Waals surface area contributed by atoms with E-state index < -0.39 is 5.82 Å². The van der Waals surface area contributed by atoms with Crippen molar-refractivity contribution in [2.45, 2.75) is 31.0 Å². The summed E-state index contributed by atoms with van der Waals surface area (Å²) in [6.45, 7) is 4.17. The second kappa shape index (κ2) is 11.1. The van der Waals surface area contributed by atoms with Crippen LogP contribution < -0.4 is 5.32 Å². The molecular formula is C26H23ClFN3OS2. The number of rotatable bonds is 8. The van der Waals surface area contributed by atoms with Crippen LogP contribution in [0, 0.1) is 5.82 Å². The summed E-state index contributed by atoms with van der Waals surface area (Å²) in [5, 5.41) is 3.40. The third kappa shape index (κ3) is 5.66. The van der Waals surface area contributed by atoms with Gasteiger partial charge in [0.2, 0.25) is 5.91 Å². The van der Waals surface area contributed by atoms with E-state index in [4.69, 9.17) is 11.6 Å². The first-order chi connectivity index (χ1) is 16.5. The van der Waals surface area contributed by atoms with E-state index in [1.807, 2.05) is 24.3 Å². The van der Waals surface area contributed by atoms with Gasteiger partial charge in [-0.1, -0.05) is 61.5 Å². The van der Waals surface area contributed by atoms with Crippen LogP contribution in [0.15, 0.2) is 63.9 Å². The van der Waals surface area contributed by atoms with Gasteiger partial charge in [0, 0.05) is 17.5 Å². The Labute approximate surface area is 211 Å². The van der Waals surface area contributed by atoms with Crippen LogP contribution in [0.3, 0.4) is 0 Å². The molecule has 0 unspecified atom stereocenters. The van der Waals surface area contributed by atoms with Crippen molar-refractivity contribution in [1.29, 1.82) is 0 Å². The minimum absolute atomic E-state index is 0.0492. The van der Waals surface area contributed by atoms with Crippen LogP contribution in [0.5, 0.6) is 0 Å². The second-order valence-electron chi connectivity index (χ2n) is 7.52. The molecule has 3 aromatic carbocycles. The topological polar surface area (TPSA) is 54.4 Å². The van der Waals surface area contributed by atoms with Crippen molar-refractivity contribution >= 4 is 68.4 Å². The SMILES string of the molecule is CCc1cccc(CC)c1NC(=O)CSc1nc2ccc(N=Cc3c(F)cccc3Cl)cc2s1. The molecule has 0 saturated carbocycles. The number of thiazole rings is 1. The number of aryl methyl sites for hydroxylation is 2. The lowest BCUT2D eigenvalue weighted by Gasteiger charge is -2.14. The third-order valence-corrected chi connectivity index (χ3v) is 7.78. The molecule has 1 amide bonds. The van der Waals surface area contributed by atoms with Crippen molar-refractivity contribution in [2.24, 2.45) is 4.99 Å². The van der Waals surface area contributed by atoms with E-state index in [-0.39, 0.29) is 17.2 Å². The van der Waals surface area contributed by atoms with Crippen LogP contribution in [-0.2, 0) is 17.6 Å². The van der Waals surface area contributed by atoms with E-state index in [0.29, 0.717) is 10.7 Å². The van der Waals surface area contributed by atoms with Gasteiger partial charge in [0.15, 0.2) is 4.34 Å². The molecule has 174 valence electrons. The van der Waals surface area contributed by atoms with Crippen LogP contribution in [0.2, 0.25) is 5.02 Å². The van der Waals surface area contributed by atoms with Gasteiger partial charge in [-0.2, -0.15) is 0 Å². The zero-order valence-electron chi connectivity index (χ0n) is 18.8. The maximum absolute atomic E-state index is 14.0. The zero-order chi connectivity index (χ0) is 24.1. The summed E-state index contributed by atoms with van der Waals surface area (Å²) < 4.78 is 15.7. The lowest BCUT2D eigenvalue weighted by molar-refractivity contribution is -0.113. The molecule has 8 heteroatoms. The highest BCUT2D eigenvalue weighted by Gasteiger charge is 2.12. The number of carbonyl (C=O) groups excluding carboxylic acids is 1. The lowest BCUT2D eigenvalue weighted by atomic mass is 10.0. The molecule has 1 heterocycles. The average molecular weight is 512 g/mol. The van der Waals surface area contributed by atoms with Crippen molar-refractivity contribution in [3.05, 3.63) is 82.1 Å². The Morgan fingerprint density at radius 3 is 2.59 bits per heavy atom. The molecule has 0 aliphatic carbocycles. The highest BCUT2D eigenvalue weighted by atomic mass is 35.5. The van der Waals surface area contributed by atoms with Crippen LogP contribution in [0.1, 0.15) is 30.5 Å². The minimum Gasteiger partial charge on any atom is -0.325 e. The highest BCUT2D eigenvalue weighted by Crippen LogP contribution is 2.32. The average Bonchev–Trinajstić information content (AvgIpc) is 3.25. The minimum atomic E-state index is -0.417. The monoisotopic (exact) mass is 511 g/mol. The van der Waals surface area contributed by atoms with Crippen molar-refractivity contribution in [2.75, 3.05) is 11.1 Å². The molecule has 34 heavy (non-hydrogen) atoms. The van der Waals surface area contributed by atoms with E-state index >= 15 is 0 Å². The molecule has 0 bridgehead atoms. The van der Waals surface area contributed by atoms with Crippen LogP contribution >= 0.6 is 34.7 Å². The van der Waals surface area contributed by atoms with Gasteiger partial charge >= 0.3 is 0 Å². The summed E-state index contributed by atoms with van der Waals surface area (Å²) in [5.41, 5.74) is 4.98. The standard InChI is InChI=1S/C26H23ClFN3OS2/c1-3-16-7-5-8-17(4-2)25(16)31-24(32)15-33-26-30-22-12-11-18(13-23(22)34-26)29-14-19-20(27)9-6-10-21(19)28/h5-14H,3-4,15H2,1-2H3,(H,31,32). The van der Waals surface area contributed by atoms with Crippen LogP contribution in [0.4, 0.5) is 15.8 Å². The van der Waals surface area contributed by atoms with Crippen molar-refractivity contribution in [3.8, 4) is 0 Å². The van der Waals surface area contributed by atoms with E-state index in [2.05, 4.69) is 41.3 Å². The largest absolute Gasteiger partial charge is 0.325 e. The fourth-order valence-corrected chi connectivity index (χ4v) is 5.63. The molecular weight excluding hydrogens is 489 g/mol. The predicted octanol–water partition coefficient (Wildman–Crippen LogP) is 7.70. The maximum atomic E-state index is 14.0. The Hall–Kier alpha value is -2.74. The summed E-state index contributed by atoms with van der Waals surface area (Å²) in [7, 11) is 0.